The second kappa shape index (κ2) is 6.75. The number of carbonyl (C=O) groups excluding carboxylic acids is 1. The first-order valence-corrected chi connectivity index (χ1v) is 8.38. The first kappa shape index (κ1) is 17.3. The molecule has 0 saturated carbocycles. The summed E-state index contributed by atoms with van der Waals surface area (Å²) in [6.07, 6.45) is 1.40. The van der Waals surface area contributed by atoms with Gasteiger partial charge in [-0.25, -0.2) is 9.48 Å². The lowest BCUT2D eigenvalue weighted by Gasteiger charge is -2.28. The van der Waals surface area contributed by atoms with Crippen molar-refractivity contribution in [3.05, 3.63) is 39.8 Å². The number of esters is 1. The Morgan fingerprint density at radius 1 is 1.48 bits per heavy atom. The molecule has 1 aliphatic heterocycles. The van der Waals surface area contributed by atoms with E-state index in [4.69, 9.17) is 9.47 Å². The van der Waals surface area contributed by atoms with E-state index in [1.807, 2.05) is 6.92 Å². The van der Waals surface area contributed by atoms with Crippen LogP contribution in [0.3, 0.4) is 0 Å². The van der Waals surface area contributed by atoms with Gasteiger partial charge in [0.2, 0.25) is 5.95 Å². The molecule has 1 atom stereocenters. The van der Waals surface area contributed by atoms with Crippen molar-refractivity contribution in [1.29, 1.82) is 0 Å². The van der Waals surface area contributed by atoms with Crippen molar-refractivity contribution in [1.82, 2.24) is 14.8 Å². The molecule has 2 N–H and O–H groups in total. The molecule has 1 aromatic carbocycles. The van der Waals surface area contributed by atoms with Crippen LogP contribution in [-0.4, -0.2) is 39.6 Å². The summed E-state index contributed by atoms with van der Waals surface area (Å²) in [5.41, 5.74) is 1.71. The van der Waals surface area contributed by atoms with Gasteiger partial charge in [-0.3, -0.25) is 0 Å². The number of rotatable bonds is 4. The molecular weight excluding hydrogens is 392 g/mol. The molecule has 25 heavy (non-hydrogen) atoms. The summed E-state index contributed by atoms with van der Waals surface area (Å²) in [4.78, 5) is 16.6. The Morgan fingerprint density at radius 2 is 2.24 bits per heavy atom. The topological polar surface area (TPSA) is 98.5 Å². The molecule has 2 heterocycles. The summed E-state index contributed by atoms with van der Waals surface area (Å²) in [5, 5.41) is 17.3. The molecule has 0 bridgehead atoms. The van der Waals surface area contributed by atoms with E-state index in [-0.39, 0.29) is 5.75 Å². The second-order valence-electron chi connectivity index (χ2n) is 5.36. The highest BCUT2D eigenvalue weighted by Crippen LogP contribution is 2.42. The lowest BCUT2D eigenvalue weighted by molar-refractivity contribution is -0.136. The smallest absolute Gasteiger partial charge is 0.338 e. The molecule has 8 nitrogen and oxygen atoms in total. The summed E-state index contributed by atoms with van der Waals surface area (Å²) in [7, 11) is 1.33. The normalized spacial score (nSPS) is 16.2. The minimum Gasteiger partial charge on any atom is -0.504 e. The van der Waals surface area contributed by atoms with Crippen LogP contribution in [0.2, 0.25) is 0 Å². The Balaban J connectivity index is 2.23. The Kier molecular flexibility index (Phi) is 4.67. The number of methoxy groups -OCH3 is 1. The second-order valence-corrected chi connectivity index (χ2v) is 6.21. The maximum atomic E-state index is 12.4. The third-order valence-electron chi connectivity index (χ3n) is 3.87. The molecular formula is C16H17BrN4O4. The van der Waals surface area contributed by atoms with Gasteiger partial charge in [0.25, 0.3) is 0 Å². The number of aromatic nitrogens is 3. The monoisotopic (exact) mass is 408 g/mol. The van der Waals surface area contributed by atoms with Crippen molar-refractivity contribution in [2.45, 2.75) is 19.9 Å². The maximum Gasteiger partial charge on any atom is 0.338 e. The third kappa shape index (κ3) is 2.95. The number of nitrogens with one attached hydrogen (secondary N) is 1. The predicted molar refractivity (Wildman–Crippen MR) is 93.5 cm³/mol. The number of phenolic OH excluding ortho intramolecular Hbond substituents is 1. The van der Waals surface area contributed by atoms with Crippen LogP contribution in [-0.2, 0) is 9.53 Å². The van der Waals surface area contributed by atoms with Gasteiger partial charge in [-0.15, -0.1) is 0 Å². The number of benzene rings is 1. The Hall–Kier alpha value is -2.55. The number of allylic oxidation sites excluding steroid dienone is 1. The van der Waals surface area contributed by atoms with Crippen molar-refractivity contribution >= 4 is 27.8 Å². The molecule has 0 amide bonds. The van der Waals surface area contributed by atoms with Gasteiger partial charge in [-0.1, -0.05) is 15.9 Å². The van der Waals surface area contributed by atoms with Crippen molar-refractivity contribution in [2.75, 3.05) is 19.0 Å². The first-order chi connectivity index (χ1) is 12.0. The van der Waals surface area contributed by atoms with Gasteiger partial charge in [-0.05, 0) is 31.5 Å². The van der Waals surface area contributed by atoms with Gasteiger partial charge in [0, 0.05) is 10.2 Å². The fraction of sp³-hybridized carbons (Fsp3) is 0.312. The molecule has 1 aliphatic rings. The number of aromatic hydroxyl groups is 1. The number of hydrogen-bond acceptors (Lipinski definition) is 7. The van der Waals surface area contributed by atoms with Gasteiger partial charge in [-0.2, -0.15) is 10.1 Å². The summed E-state index contributed by atoms with van der Waals surface area (Å²) >= 11 is 3.45. The van der Waals surface area contributed by atoms with Crippen molar-refractivity contribution in [2.24, 2.45) is 0 Å². The summed E-state index contributed by atoms with van der Waals surface area (Å²) in [6.45, 7) is 3.99. The van der Waals surface area contributed by atoms with Gasteiger partial charge in [0.1, 0.15) is 12.4 Å². The van der Waals surface area contributed by atoms with Crippen LogP contribution in [0.1, 0.15) is 25.5 Å². The van der Waals surface area contributed by atoms with Crippen LogP contribution < -0.4 is 10.1 Å². The van der Waals surface area contributed by atoms with Crippen LogP contribution in [0.15, 0.2) is 34.2 Å². The molecule has 0 aliphatic carbocycles. The highest BCUT2D eigenvalue weighted by Gasteiger charge is 2.35. The quantitative estimate of drug-likeness (QED) is 0.749. The zero-order chi connectivity index (χ0) is 18.1. The molecule has 0 fully saturated rings. The van der Waals surface area contributed by atoms with Crippen molar-refractivity contribution in [3.8, 4) is 11.5 Å². The van der Waals surface area contributed by atoms with Crippen molar-refractivity contribution < 1.29 is 19.4 Å². The lowest BCUT2D eigenvalue weighted by atomic mass is 9.95. The van der Waals surface area contributed by atoms with Gasteiger partial charge in [0.15, 0.2) is 11.5 Å². The number of nitrogens with zero attached hydrogens (tertiary/aromatic N) is 3. The fourth-order valence-electron chi connectivity index (χ4n) is 2.79. The highest BCUT2D eigenvalue weighted by molar-refractivity contribution is 9.10. The van der Waals surface area contributed by atoms with E-state index < -0.39 is 12.0 Å². The van der Waals surface area contributed by atoms with E-state index in [2.05, 4.69) is 31.3 Å². The first-order valence-electron chi connectivity index (χ1n) is 7.58. The van der Waals surface area contributed by atoms with Gasteiger partial charge >= 0.3 is 5.97 Å². The molecule has 0 unspecified atom stereocenters. The number of halogens is 1. The zero-order valence-corrected chi connectivity index (χ0v) is 15.5. The SMILES string of the molecule is CCOc1cc([C@H]2C(C(=O)OC)=C(C)Nc3ncnn32)c(Br)cc1O. The van der Waals surface area contributed by atoms with E-state index in [0.29, 0.717) is 39.6 Å². The molecule has 3 rings (SSSR count). The Morgan fingerprint density at radius 3 is 2.92 bits per heavy atom. The maximum absolute atomic E-state index is 12.4. The molecule has 1 aromatic heterocycles. The summed E-state index contributed by atoms with van der Waals surface area (Å²) < 4.78 is 12.6. The van der Waals surface area contributed by atoms with E-state index in [0.717, 1.165) is 0 Å². The van der Waals surface area contributed by atoms with Crippen LogP contribution in [0.5, 0.6) is 11.5 Å². The lowest BCUT2D eigenvalue weighted by Crippen LogP contribution is -2.29. The number of phenols is 1. The number of fused-ring (bicyclic) bond motifs is 1. The molecule has 0 radical (unpaired) electrons. The van der Waals surface area contributed by atoms with E-state index >= 15 is 0 Å². The van der Waals surface area contributed by atoms with Crippen LogP contribution in [0.25, 0.3) is 0 Å². The van der Waals surface area contributed by atoms with E-state index in [1.54, 1.807) is 17.7 Å². The zero-order valence-electron chi connectivity index (χ0n) is 13.9. The summed E-state index contributed by atoms with van der Waals surface area (Å²) in [5.74, 6) is 0.357. The number of ether oxygens (including phenoxy) is 2. The van der Waals surface area contributed by atoms with E-state index in [1.165, 1.54) is 19.5 Å². The van der Waals surface area contributed by atoms with Gasteiger partial charge in [0.05, 0.1) is 19.3 Å². The standard InChI is InChI=1S/C16H17BrN4O4/c1-4-25-12-5-9(10(17)6-11(12)22)14-13(15(23)24-3)8(2)20-16-18-7-19-21(14)16/h5-7,14,22H,4H2,1-3H3,(H,18,19,20)/t14-/m0/s1. The minimum atomic E-state index is -0.583. The number of anilines is 1. The fourth-order valence-corrected chi connectivity index (χ4v) is 3.34. The molecule has 0 saturated heterocycles. The number of hydrogen-bond donors (Lipinski definition) is 2. The van der Waals surface area contributed by atoms with Crippen LogP contribution >= 0.6 is 15.9 Å². The summed E-state index contributed by atoms with van der Waals surface area (Å²) in [6, 6.07) is 2.63. The Labute approximate surface area is 152 Å². The van der Waals surface area contributed by atoms with E-state index in [9.17, 15) is 9.90 Å². The largest absolute Gasteiger partial charge is 0.504 e. The Bertz CT molecular complexity index is 862. The minimum absolute atomic E-state index is 0.00513. The molecule has 9 heteroatoms. The average molecular weight is 409 g/mol. The van der Waals surface area contributed by atoms with Gasteiger partial charge < -0.3 is 19.9 Å². The number of carbonyl (C=O) groups is 1. The van der Waals surface area contributed by atoms with Crippen LogP contribution in [0, 0.1) is 0 Å². The highest BCUT2D eigenvalue weighted by atomic mass is 79.9. The molecule has 2 aromatic rings. The predicted octanol–water partition coefficient (Wildman–Crippen LogP) is 2.61. The van der Waals surface area contributed by atoms with Crippen LogP contribution in [0.4, 0.5) is 5.95 Å². The molecule has 132 valence electrons. The average Bonchev–Trinajstić information content (AvgIpc) is 3.03. The third-order valence-corrected chi connectivity index (χ3v) is 4.56. The molecule has 0 spiro atoms. The van der Waals surface area contributed by atoms with Crippen molar-refractivity contribution in [3.63, 3.8) is 0 Å².